The molecule has 2 aromatic rings. The summed E-state index contributed by atoms with van der Waals surface area (Å²) in [6.07, 6.45) is -4.71. The summed E-state index contributed by atoms with van der Waals surface area (Å²) in [5.41, 5.74) is 0.00543. The third kappa shape index (κ3) is 4.96. The number of amides is 2. The molecule has 0 aromatic heterocycles. The van der Waals surface area contributed by atoms with Crippen molar-refractivity contribution in [1.29, 1.82) is 0 Å². The Morgan fingerprint density at radius 3 is 2.44 bits per heavy atom. The second kappa shape index (κ2) is 7.57. The minimum absolute atomic E-state index is 0.151. The van der Waals surface area contributed by atoms with E-state index in [1.54, 1.807) is 0 Å². The first-order chi connectivity index (χ1) is 11.7. The number of hydrogen-bond donors (Lipinski definition) is 2. The van der Waals surface area contributed by atoms with Crippen LogP contribution in [0.4, 0.5) is 18.9 Å². The Morgan fingerprint density at radius 1 is 1.12 bits per heavy atom. The lowest BCUT2D eigenvalue weighted by molar-refractivity contribution is -0.137. The summed E-state index contributed by atoms with van der Waals surface area (Å²) in [7, 11) is 1.47. The zero-order valence-corrected chi connectivity index (χ0v) is 13.8. The van der Waals surface area contributed by atoms with Gasteiger partial charge in [0.15, 0.2) is 0 Å². The van der Waals surface area contributed by atoms with Gasteiger partial charge in [-0.05, 0) is 29.8 Å². The third-order valence-corrected chi connectivity index (χ3v) is 3.66. The summed E-state index contributed by atoms with van der Waals surface area (Å²) in [5.74, 6) is -0.849. The molecule has 0 aliphatic rings. The molecular weight excluding hydrogens is 357 g/mol. The molecule has 0 bridgehead atoms. The Bertz CT molecular complexity index is 807. The molecule has 25 heavy (non-hydrogen) atoms. The molecule has 0 aliphatic heterocycles. The van der Waals surface area contributed by atoms with E-state index in [0.29, 0.717) is 5.56 Å². The molecule has 0 fully saturated rings. The number of benzene rings is 2. The maximum Gasteiger partial charge on any atom is 0.416 e. The normalized spacial score (nSPS) is 11.1. The zero-order valence-electron chi connectivity index (χ0n) is 13.1. The van der Waals surface area contributed by atoms with Crippen molar-refractivity contribution in [2.75, 3.05) is 12.4 Å². The SMILES string of the molecule is CNC(=O)c1ccc(NC(=O)Cc2cccc(C(F)(F)F)c2)c(Cl)c1. The molecule has 0 radical (unpaired) electrons. The van der Waals surface area contributed by atoms with E-state index in [0.717, 1.165) is 12.1 Å². The minimum Gasteiger partial charge on any atom is -0.355 e. The van der Waals surface area contributed by atoms with Gasteiger partial charge in [0, 0.05) is 12.6 Å². The predicted octanol–water partition coefficient (Wildman–Crippen LogP) is 3.90. The molecular formula is C17H14ClF3N2O2. The van der Waals surface area contributed by atoms with Crippen molar-refractivity contribution >= 4 is 29.1 Å². The Morgan fingerprint density at radius 2 is 1.84 bits per heavy atom. The zero-order chi connectivity index (χ0) is 18.6. The smallest absolute Gasteiger partial charge is 0.355 e. The van der Waals surface area contributed by atoms with Crippen molar-refractivity contribution in [2.24, 2.45) is 0 Å². The fourth-order valence-corrected chi connectivity index (χ4v) is 2.37. The lowest BCUT2D eigenvalue weighted by Crippen LogP contribution is -2.18. The average Bonchev–Trinajstić information content (AvgIpc) is 2.55. The summed E-state index contributed by atoms with van der Waals surface area (Å²) in [5, 5.41) is 5.11. The van der Waals surface area contributed by atoms with Crippen LogP contribution in [0, 0.1) is 0 Å². The van der Waals surface area contributed by atoms with E-state index in [2.05, 4.69) is 10.6 Å². The van der Waals surface area contributed by atoms with E-state index in [-0.39, 0.29) is 28.6 Å². The van der Waals surface area contributed by atoms with Crippen LogP contribution in [0.15, 0.2) is 42.5 Å². The highest BCUT2D eigenvalue weighted by Crippen LogP contribution is 2.29. The Hall–Kier alpha value is -2.54. The van der Waals surface area contributed by atoms with E-state index < -0.39 is 17.6 Å². The molecule has 2 amide bonds. The molecule has 132 valence electrons. The van der Waals surface area contributed by atoms with Crippen LogP contribution in [0.3, 0.4) is 0 Å². The van der Waals surface area contributed by atoms with Gasteiger partial charge in [-0.15, -0.1) is 0 Å². The van der Waals surface area contributed by atoms with Crippen molar-refractivity contribution in [1.82, 2.24) is 5.32 Å². The summed E-state index contributed by atoms with van der Waals surface area (Å²) in [6.45, 7) is 0. The van der Waals surface area contributed by atoms with Crippen LogP contribution in [0.5, 0.6) is 0 Å². The van der Waals surface area contributed by atoms with Gasteiger partial charge < -0.3 is 10.6 Å². The van der Waals surface area contributed by atoms with Gasteiger partial charge in [0.25, 0.3) is 5.91 Å². The topological polar surface area (TPSA) is 58.2 Å². The number of alkyl halides is 3. The highest BCUT2D eigenvalue weighted by atomic mass is 35.5. The molecule has 0 saturated heterocycles. The van der Waals surface area contributed by atoms with Crippen molar-refractivity contribution in [3.63, 3.8) is 0 Å². The largest absolute Gasteiger partial charge is 0.416 e. The Balaban J connectivity index is 2.09. The quantitative estimate of drug-likeness (QED) is 0.857. The van der Waals surface area contributed by atoms with Crippen LogP contribution in [0.1, 0.15) is 21.5 Å². The Kier molecular flexibility index (Phi) is 5.69. The second-order valence-electron chi connectivity index (χ2n) is 5.20. The first-order valence-corrected chi connectivity index (χ1v) is 7.56. The van der Waals surface area contributed by atoms with Crippen molar-refractivity contribution in [2.45, 2.75) is 12.6 Å². The number of carbonyl (C=O) groups excluding carboxylic acids is 2. The summed E-state index contributed by atoms with van der Waals surface area (Å²) >= 11 is 6.02. The number of nitrogens with one attached hydrogen (secondary N) is 2. The maximum atomic E-state index is 12.7. The van der Waals surface area contributed by atoms with Crippen molar-refractivity contribution in [3.8, 4) is 0 Å². The van der Waals surface area contributed by atoms with Gasteiger partial charge in [-0.2, -0.15) is 13.2 Å². The molecule has 8 heteroatoms. The average molecular weight is 371 g/mol. The van der Waals surface area contributed by atoms with Crippen LogP contribution in [-0.4, -0.2) is 18.9 Å². The second-order valence-corrected chi connectivity index (χ2v) is 5.60. The lowest BCUT2D eigenvalue weighted by atomic mass is 10.1. The van der Waals surface area contributed by atoms with Gasteiger partial charge in [-0.1, -0.05) is 29.8 Å². The van der Waals surface area contributed by atoms with Gasteiger partial charge >= 0.3 is 6.18 Å². The third-order valence-electron chi connectivity index (χ3n) is 3.35. The Labute approximate surface area is 147 Å². The first-order valence-electron chi connectivity index (χ1n) is 7.18. The predicted molar refractivity (Wildman–Crippen MR) is 88.6 cm³/mol. The number of rotatable bonds is 4. The molecule has 2 rings (SSSR count). The van der Waals surface area contributed by atoms with Gasteiger partial charge in [-0.25, -0.2) is 0 Å². The van der Waals surface area contributed by atoms with Crippen molar-refractivity contribution < 1.29 is 22.8 Å². The molecule has 0 spiro atoms. The van der Waals surface area contributed by atoms with E-state index >= 15 is 0 Å². The lowest BCUT2D eigenvalue weighted by Gasteiger charge is -2.10. The molecule has 2 N–H and O–H groups in total. The van der Waals surface area contributed by atoms with Crippen LogP contribution < -0.4 is 10.6 Å². The molecule has 0 aliphatic carbocycles. The van der Waals surface area contributed by atoms with E-state index in [9.17, 15) is 22.8 Å². The fraction of sp³-hybridized carbons (Fsp3) is 0.176. The number of carbonyl (C=O) groups is 2. The summed E-state index contributed by atoms with van der Waals surface area (Å²) < 4.78 is 38.1. The fourth-order valence-electron chi connectivity index (χ4n) is 2.14. The molecule has 0 heterocycles. The van der Waals surface area contributed by atoms with Crippen LogP contribution in [0.25, 0.3) is 0 Å². The number of hydrogen-bond acceptors (Lipinski definition) is 2. The molecule has 2 aromatic carbocycles. The van der Waals surface area contributed by atoms with Crippen LogP contribution >= 0.6 is 11.6 Å². The highest BCUT2D eigenvalue weighted by Gasteiger charge is 2.30. The first kappa shape index (κ1) is 18.8. The van der Waals surface area contributed by atoms with Crippen LogP contribution in [0.2, 0.25) is 5.02 Å². The van der Waals surface area contributed by atoms with E-state index in [1.165, 1.54) is 37.4 Å². The summed E-state index contributed by atoms with van der Waals surface area (Å²) in [4.78, 5) is 23.5. The van der Waals surface area contributed by atoms with E-state index in [4.69, 9.17) is 11.6 Å². The van der Waals surface area contributed by atoms with Gasteiger partial charge in [-0.3, -0.25) is 9.59 Å². The number of halogens is 4. The molecule has 0 atom stereocenters. The number of anilines is 1. The molecule has 4 nitrogen and oxygen atoms in total. The highest BCUT2D eigenvalue weighted by molar-refractivity contribution is 6.34. The minimum atomic E-state index is -4.47. The monoisotopic (exact) mass is 370 g/mol. The van der Waals surface area contributed by atoms with Crippen molar-refractivity contribution in [3.05, 3.63) is 64.2 Å². The van der Waals surface area contributed by atoms with Gasteiger partial charge in [0.05, 0.1) is 22.7 Å². The van der Waals surface area contributed by atoms with E-state index in [1.807, 2.05) is 0 Å². The van der Waals surface area contributed by atoms with Gasteiger partial charge in [0.1, 0.15) is 0 Å². The standard InChI is InChI=1S/C17H14ClF3N2O2/c1-22-16(25)11-5-6-14(13(18)9-11)23-15(24)8-10-3-2-4-12(7-10)17(19,20)21/h2-7,9H,8H2,1H3,(H,22,25)(H,23,24). The maximum absolute atomic E-state index is 12.7. The summed E-state index contributed by atoms with van der Waals surface area (Å²) in [6, 6.07) is 8.87. The molecule has 0 unspecified atom stereocenters. The van der Waals surface area contributed by atoms with Crippen LogP contribution in [-0.2, 0) is 17.4 Å². The molecule has 0 saturated carbocycles. The van der Waals surface area contributed by atoms with Gasteiger partial charge in [0.2, 0.25) is 5.91 Å².